The Kier molecular flexibility index (Phi) is 6.20. The third kappa shape index (κ3) is 4.90. The van der Waals surface area contributed by atoms with Crippen LogP contribution in [0.1, 0.15) is 18.1 Å². The summed E-state index contributed by atoms with van der Waals surface area (Å²) in [5, 5.41) is 32.8. The maximum atomic E-state index is 10.4. The Bertz CT molecular complexity index is 1320. The number of imidazole rings is 1. The average Bonchev–Trinajstić information content (AvgIpc) is 3.17. The van der Waals surface area contributed by atoms with E-state index in [0.717, 1.165) is 23.6 Å². The molecule has 4 rings (SSSR count). The molecule has 0 amide bonds. The monoisotopic (exact) mass is 430 g/mol. The van der Waals surface area contributed by atoms with Gasteiger partial charge < -0.3 is 26.7 Å². The Labute approximate surface area is 183 Å². The van der Waals surface area contributed by atoms with E-state index in [-0.39, 0.29) is 17.4 Å². The van der Waals surface area contributed by atoms with E-state index in [2.05, 4.69) is 9.97 Å². The Morgan fingerprint density at radius 1 is 0.906 bits per heavy atom. The van der Waals surface area contributed by atoms with Gasteiger partial charge in [-0.1, -0.05) is 30.3 Å². The van der Waals surface area contributed by atoms with Crippen molar-refractivity contribution in [1.82, 2.24) is 9.97 Å². The average molecular weight is 430 g/mol. The van der Waals surface area contributed by atoms with Crippen molar-refractivity contribution in [3.63, 3.8) is 0 Å². The lowest BCUT2D eigenvalue weighted by atomic mass is 10.0. The lowest BCUT2D eigenvalue weighted by Crippen LogP contribution is -2.10. The Morgan fingerprint density at radius 3 is 2.06 bits per heavy atom. The van der Waals surface area contributed by atoms with Crippen LogP contribution in [0.25, 0.3) is 33.5 Å². The van der Waals surface area contributed by atoms with E-state index in [0.29, 0.717) is 28.0 Å². The van der Waals surface area contributed by atoms with Crippen LogP contribution in [0.15, 0.2) is 60.7 Å². The number of carbonyl (C=O) groups is 1. The molecule has 0 radical (unpaired) electrons. The quantitative estimate of drug-likeness (QED) is 0.192. The molecule has 32 heavy (non-hydrogen) atoms. The number of amidine groups is 2. The van der Waals surface area contributed by atoms with E-state index in [1.54, 1.807) is 30.3 Å². The number of aliphatic carboxylic acids is 1. The molecule has 0 spiro atoms. The third-order valence-corrected chi connectivity index (χ3v) is 4.57. The molecule has 9 nitrogen and oxygen atoms in total. The number of nitrogens with two attached hydrogens (primary N) is 2. The van der Waals surface area contributed by atoms with E-state index < -0.39 is 5.97 Å². The molecule has 0 atom stereocenters. The van der Waals surface area contributed by atoms with Gasteiger partial charge in [0, 0.05) is 18.1 Å². The molecule has 0 aliphatic heterocycles. The normalized spacial score (nSPS) is 10.3. The van der Waals surface area contributed by atoms with E-state index in [9.17, 15) is 5.11 Å². The summed E-state index contributed by atoms with van der Waals surface area (Å²) in [6.45, 7) is 1.08. The van der Waals surface area contributed by atoms with Crippen molar-refractivity contribution >= 4 is 28.7 Å². The minimum atomic E-state index is -0.833. The predicted molar refractivity (Wildman–Crippen MR) is 124 cm³/mol. The minimum Gasteiger partial charge on any atom is -0.507 e. The number of phenols is 1. The van der Waals surface area contributed by atoms with Gasteiger partial charge in [-0.2, -0.15) is 0 Å². The van der Waals surface area contributed by atoms with Gasteiger partial charge in [0.05, 0.1) is 16.6 Å². The molecular weight excluding hydrogens is 408 g/mol. The number of H-pyrrole nitrogens is 1. The van der Waals surface area contributed by atoms with E-state index in [1.807, 2.05) is 30.3 Å². The number of aromatic hydroxyl groups is 1. The van der Waals surface area contributed by atoms with Crippen molar-refractivity contribution in [3.05, 3.63) is 71.8 Å². The van der Waals surface area contributed by atoms with E-state index >= 15 is 0 Å². The summed E-state index contributed by atoms with van der Waals surface area (Å²) in [6.07, 6.45) is 0. The number of nitrogens with one attached hydrogen (secondary N) is 3. The first-order valence-electron chi connectivity index (χ1n) is 9.47. The number of nitrogen functional groups attached to an aromatic ring is 2. The largest absolute Gasteiger partial charge is 0.507 e. The van der Waals surface area contributed by atoms with Gasteiger partial charge in [0.1, 0.15) is 23.2 Å². The molecule has 0 bridgehead atoms. The molecular formula is C23H22N6O3. The molecule has 0 unspecified atom stereocenters. The highest BCUT2D eigenvalue weighted by Crippen LogP contribution is 2.33. The van der Waals surface area contributed by atoms with Gasteiger partial charge in [-0.05, 0) is 41.5 Å². The van der Waals surface area contributed by atoms with Gasteiger partial charge in [-0.25, -0.2) is 4.98 Å². The Hall–Kier alpha value is -4.66. The van der Waals surface area contributed by atoms with Crippen molar-refractivity contribution in [3.8, 4) is 28.3 Å². The van der Waals surface area contributed by atoms with Crippen LogP contribution in [-0.4, -0.2) is 37.8 Å². The van der Waals surface area contributed by atoms with Crippen molar-refractivity contribution < 1.29 is 15.0 Å². The summed E-state index contributed by atoms with van der Waals surface area (Å²) in [7, 11) is 0. The molecule has 0 aliphatic carbocycles. The molecule has 1 aromatic heterocycles. The van der Waals surface area contributed by atoms with E-state index in [1.165, 1.54) is 0 Å². The number of carboxylic acid groups (broad SMARTS) is 1. The summed E-state index contributed by atoms with van der Waals surface area (Å²) in [6, 6.07) is 17.9. The van der Waals surface area contributed by atoms with Crippen LogP contribution in [0, 0.1) is 10.8 Å². The number of hydrogen-bond donors (Lipinski definition) is 7. The van der Waals surface area contributed by atoms with Crippen LogP contribution in [0.5, 0.6) is 5.75 Å². The van der Waals surface area contributed by atoms with Gasteiger partial charge in [-0.3, -0.25) is 15.6 Å². The Morgan fingerprint density at radius 2 is 1.47 bits per heavy atom. The van der Waals surface area contributed by atoms with Crippen molar-refractivity contribution in [2.24, 2.45) is 11.5 Å². The number of aromatic nitrogens is 2. The number of rotatable bonds is 4. The second kappa shape index (κ2) is 9.00. The fraction of sp³-hybridized carbons (Fsp3) is 0.0435. The summed E-state index contributed by atoms with van der Waals surface area (Å²) < 4.78 is 0. The SMILES string of the molecule is CC(=O)O.N=C(N)c1ccc(-c2ccc(O)c(-c3nc4cc(C(=N)N)ccc4[nH]3)c2)cc1. The fourth-order valence-corrected chi connectivity index (χ4v) is 3.05. The fourth-order valence-electron chi connectivity index (χ4n) is 3.05. The molecule has 0 aliphatic rings. The molecule has 3 aromatic carbocycles. The number of phenolic OH excluding ortho intramolecular Hbond substituents is 1. The number of benzene rings is 3. The van der Waals surface area contributed by atoms with Crippen LogP contribution in [0.3, 0.4) is 0 Å². The highest BCUT2D eigenvalue weighted by Gasteiger charge is 2.12. The first kappa shape index (κ1) is 22.0. The topological polar surface area (TPSA) is 186 Å². The molecule has 0 fully saturated rings. The first-order chi connectivity index (χ1) is 15.2. The van der Waals surface area contributed by atoms with Crippen LogP contribution < -0.4 is 11.5 Å². The van der Waals surface area contributed by atoms with Crippen LogP contribution in [-0.2, 0) is 4.79 Å². The minimum absolute atomic E-state index is 0.0187. The summed E-state index contributed by atoms with van der Waals surface area (Å²) in [5.74, 6) is -0.208. The number of nitrogens with zero attached hydrogens (tertiary/aromatic N) is 1. The summed E-state index contributed by atoms with van der Waals surface area (Å²) in [5.41, 5.74) is 16.1. The lowest BCUT2D eigenvalue weighted by Gasteiger charge is -2.07. The Balaban J connectivity index is 0.000000668. The molecule has 162 valence electrons. The van der Waals surface area contributed by atoms with Crippen molar-refractivity contribution in [2.45, 2.75) is 6.92 Å². The number of fused-ring (bicyclic) bond motifs is 1. The van der Waals surface area contributed by atoms with Gasteiger partial charge in [0.2, 0.25) is 0 Å². The van der Waals surface area contributed by atoms with Crippen LogP contribution in [0.4, 0.5) is 0 Å². The van der Waals surface area contributed by atoms with Gasteiger partial charge in [-0.15, -0.1) is 0 Å². The van der Waals surface area contributed by atoms with Gasteiger partial charge in [0.15, 0.2) is 0 Å². The molecule has 0 saturated carbocycles. The summed E-state index contributed by atoms with van der Waals surface area (Å²) >= 11 is 0. The van der Waals surface area contributed by atoms with Crippen LogP contribution >= 0.6 is 0 Å². The molecule has 9 heteroatoms. The van der Waals surface area contributed by atoms with Crippen molar-refractivity contribution in [1.29, 1.82) is 10.8 Å². The third-order valence-electron chi connectivity index (χ3n) is 4.57. The lowest BCUT2D eigenvalue weighted by molar-refractivity contribution is -0.134. The van der Waals surface area contributed by atoms with Gasteiger partial charge in [0.25, 0.3) is 5.97 Å². The van der Waals surface area contributed by atoms with Gasteiger partial charge >= 0.3 is 0 Å². The second-order valence-corrected chi connectivity index (χ2v) is 6.97. The molecule has 1 heterocycles. The highest BCUT2D eigenvalue weighted by atomic mass is 16.4. The first-order valence-corrected chi connectivity index (χ1v) is 9.47. The van der Waals surface area contributed by atoms with Crippen molar-refractivity contribution in [2.75, 3.05) is 0 Å². The number of carboxylic acids is 1. The second-order valence-electron chi connectivity index (χ2n) is 6.97. The smallest absolute Gasteiger partial charge is 0.300 e. The van der Waals surface area contributed by atoms with Crippen LogP contribution in [0.2, 0.25) is 0 Å². The number of hydrogen-bond acceptors (Lipinski definition) is 5. The summed E-state index contributed by atoms with van der Waals surface area (Å²) in [4.78, 5) is 16.7. The molecule has 9 N–H and O–H groups in total. The maximum absolute atomic E-state index is 10.4. The standard InChI is InChI=1S/C21H18N6O.C2H4O2/c22-19(23)12-3-1-11(2-4-12)13-6-8-18(28)15(9-13)21-26-16-7-5-14(20(24)25)10-17(16)27-21;1-2(3)4/h1-10,28H,(H3,22,23)(H3,24,25)(H,26,27);1H3,(H,3,4). The number of aromatic amines is 1. The highest BCUT2D eigenvalue weighted by molar-refractivity contribution is 5.98. The molecule has 0 saturated heterocycles. The van der Waals surface area contributed by atoms with E-state index in [4.69, 9.17) is 32.2 Å². The zero-order valence-corrected chi connectivity index (χ0v) is 17.2. The molecule has 4 aromatic rings. The predicted octanol–water partition coefficient (Wildman–Crippen LogP) is 3.26. The zero-order chi connectivity index (χ0) is 23.4. The zero-order valence-electron chi connectivity index (χ0n) is 17.2. The maximum Gasteiger partial charge on any atom is 0.300 e.